The Balaban J connectivity index is 1.92. The molecule has 98 valence electrons. The van der Waals surface area contributed by atoms with Gasteiger partial charge in [0.05, 0.1) is 7.11 Å². The Hall–Kier alpha value is -2.07. The predicted molar refractivity (Wildman–Crippen MR) is 72.1 cm³/mol. The molecule has 0 spiro atoms. The van der Waals surface area contributed by atoms with Crippen LogP contribution < -0.4 is 15.2 Å². The van der Waals surface area contributed by atoms with Gasteiger partial charge in [0.15, 0.2) is 0 Å². The first-order valence-electron chi connectivity index (χ1n) is 6.28. The van der Waals surface area contributed by atoms with Crippen LogP contribution in [0.25, 0.3) is 0 Å². The SMILES string of the molecule is COc1ccc2c(c1)[C@H](N)CC(c1cccnc1)O2. The maximum Gasteiger partial charge on any atom is 0.127 e. The number of fused-ring (bicyclic) bond motifs is 1. The topological polar surface area (TPSA) is 57.4 Å². The van der Waals surface area contributed by atoms with Crippen molar-refractivity contribution in [3.63, 3.8) is 0 Å². The Labute approximate surface area is 112 Å². The number of pyridine rings is 1. The molecule has 4 nitrogen and oxygen atoms in total. The van der Waals surface area contributed by atoms with Crippen LogP contribution >= 0.6 is 0 Å². The number of hydrogen-bond acceptors (Lipinski definition) is 4. The Morgan fingerprint density at radius 2 is 2.26 bits per heavy atom. The van der Waals surface area contributed by atoms with Gasteiger partial charge in [-0.1, -0.05) is 6.07 Å². The molecule has 0 aliphatic carbocycles. The highest BCUT2D eigenvalue weighted by molar-refractivity contribution is 5.44. The first kappa shape index (κ1) is 12.0. The molecule has 3 rings (SSSR count). The molecule has 1 aromatic carbocycles. The molecule has 2 atom stereocenters. The summed E-state index contributed by atoms with van der Waals surface area (Å²) >= 11 is 0. The summed E-state index contributed by atoms with van der Waals surface area (Å²) in [5, 5.41) is 0. The summed E-state index contributed by atoms with van der Waals surface area (Å²) in [4.78, 5) is 4.13. The predicted octanol–water partition coefficient (Wildman–Crippen LogP) is 2.61. The van der Waals surface area contributed by atoms with E-state index in [1.807, 2.05) is 36.5 Å². The van der Waals surface area contributed by atoms with Crippen LogP contribution in [0.3, 0.4) is 0 Å². The second-order valence-corrected chi connectivity index (χ2v) is 4.64. The minimum Gasteiger partial charge on any atom is -0.497 e. The molecule has 1 aliphatic rings. The highest BCUT2D eigenvalue weighted by atomic mass is 16.5. The zero-order valence-electron chi connectivity index (χ0n) is 10.7. The molecule has 0 amide bonds. The zero-order valence-corrected chi connectivity index (χ0v) is 10.7. The molecule has 0 saturated heterocycles. The highest BCUT2D eigenvalue weighted by Crippen LogP contribution is 2.40. The molecule has 4 heteroatoms. The van der Waals surface area contributed by atoms with Gasteiger partial charge < -0.3 is 15.2 Å². The minimum atomic E-state index is -0.0518. The summed E-state index contributed by atoms with van der Waals surface area (Å²) < 4.78 is 11.2. The molecule has 1 aliphatic heterocycles. The number of aromatic nitrogens is 1. The summed E-state index contributed by atoms with van der Waals surface area (Å²) in [7, 11) is 1.65. The minimum absolute atomic E-state index is 0.0374. The summed E-state index contributed by atoms with van der Waals surface area (Å²) in [6, 6.07) is 9.61. The van der Waals surface area contributed by atoms with Crippen LogP contribution in [-0.4, -0.2) is 12.1 Å². The summed E-state index contributed by atoms with van der Waals surface area (Å²) in [5.41, 5.74) is 8.30. The molecule has 0 radical (unpaired) electrons. The summed E-state index contributed by atoms with van der Waals surface area (Å²) in [6.07, 6.45) is 4.28. The second-order valence-electron chi connectivity index (χ2n) is 4.64. The number of methoxy groups -OCH3 is 1. The van der Waals surface area contributed by atoms with Gasteiger partial charge in [-0.2, -0.15) is 0 Å². The molecule has 2 heterocycles. The lowest BCUT2D eigenvalue weighted by Crippen LogP contribution is -2.24. The Morgan fingerprint density at radius 3 is 3.00 bits per heavy atom. The van der Waals surface area contributed by atoms with Gasteiger partial charge in [0.1, 0.15) is 17.6 Å². The first-order chi connectivity index (χ1) is 9.28. The van der Waals surface area contributed by atoms with Gasteiger partial charge in [0, 0.05) is 36.0 Å². The van der Waals surface area contributed by atoms with Crippen molar-refractivity contribution in [2.45, 2.75) is 18.6 Å². The van der Waals surface area contributed by atoms with Crippen molar-refractivity contribution >= 4 is 0 Å². The molecule has 2 aromatic rings. The fourth-order valence-electron chi connectivity index (χ4n) is 2.38. The van der Waals surface area contributed by atoms with Crippen LogP contribution in [-0.2, 0) is 0 Å². The Bertz CT molecular complexity index is 572. The van der Waals surface area contributed by atoms with Crippen molar-refractivity contribution in [1.82, 2.24) is 4.98 Å². The lowest BCUT2D eigenvalue weighted by atomic mass is 9.94. The molecule has 19 heavy (non-hydrogen) atoms. The van der Waals surface area contributed by atoms with E-state index in [2.05, 4.69) is 4.98 Å². The van der Waals surface area contributed by atoms with Gasteiger partial charge in [-0.15, -0.1) is 0 Å². The van der Waals surface area contributed by atoms with Gasteiger partial charge in [-0.3, -0.25) is 4.98 Å². The van der Waals surface area contributed by atoms with Gasteiger partial charge >= 0.3 is 0 Å². The Kier molecular flexibility index (Phi) is 3.09. The van der Waals surface area contributed by atoms with Crippen molar-refractivity contribution < 1.29 is 9.47 Å². The van der Waals surface area contributed by atoms with Gasteiger partial charge in [0.2, 0.25) is 0 Å². The largest absolute Gasteiger partial charge is 0.497 e. The maximum atomic E-state index is 6.24. The molecule has 0 bridgehead atoms. The smallest absolute Gasteiger partial charge is 0.127 e. The molecular weight excluding hydrogens is 240 g/mol. The number of rotatable bonds is 2. The summed E-state index contributed by atoms with van der Waals surface area (Å²) in [6.45, 7) is 0. The first-order valence-corrected chi connectivity index (χ1v) is 6.28. The van der Waals surface area contributed by atoms with Crippen molar-refractivity contribution in [2.75, 3.05) is 7.11 Å². The van der Waals surface area contributed by atoms with Gasteiger partial charge in [-0.05, 0) is 24.3 Å². The van der Waals surface area contributed by atoms with E-state index in [1.54, 1.807) is 13.3 Å². The van der Waals surface area contributed by atoms with Crippen molar-refractivity contribution in [2.24, 2.45) is 5.73 Å². The van der Waals surface area contributed by atoms with Crippen LogP contribution in [0.2, 0.25) is 0 Å². The number of benzene rings is 1. The molecule has 0 saturated carbocycles. The van der Waals surface area contributed by atoms with Crippen LogP contribution in [0.4, 0.5) is 0 Å². The lowest BCUT2D eigenvalue weighted by Gasteiger charge is -2.30. The highest BCUT2D eigenvalue weighted by Gasteiger charge is 2.27. The average Bonchev–Trinajstić information content (AvgIpc) is 2.48. The maximum absolute atomic E-state index is 6.24. The number of nitrogens with zero attached hydrogens (tertiary/aromatic N) is 1. The van der Waals surface area contributed by atoms with Crippen molar-refractivity contribution in [1.29, 1.82) is 0 Å². The molecule has 1 unspecified atom stereocenters. The van der Waals surface area contributed by atoms with E-state index < -0.39 is 0 Å². The van der Waals surface area contributed by atoms with Crippen LogP contribution in [0.1, 0.15) is 29.7 Å². The van der Waals surface area contributed by atoms with Crippen LogP contribution in [0.15, 0.2) is 42.7 Å². The lowest BCUT2D eigenvalue weighted by molar-refractivity contribution is 0.161. The van der Waals surface area contributed by atoms with E-state index in [0.717, 1.165) is 29.0 Å². The van der Waals surface area contributed by atoms with Crippen molar-refractivity contribution in [3.8, 4) is 11.5 Å². The van der Waals surface area contributed by atoms with E-state index in [9.17, 15) is 0 Å². The van der Waals surface area contributed by atoms with Crippen LogP contribution in [0.5, 0.6) is 11.5 Å². The molecular formula is C15H16N2O2. The standard InChI is InChI=1S/C15H16N2O2/c1-18-11-4-5-14-12(7-11)13(16)8-15(19-14)10-3-2-6-17-9-10/h2-7,9,13,15H,8,16H2,1H3/t13-,15?/m1/s1. The van der Waals surface area contributed by atoms with E-state index in [-0.39, 0.29) is 12.1 Å². The number of ether oxygens (including phenoxy) is 2. The van der Waals surface area contributed by atoms with E-state index in [1.165, 1.54) is 0 Å². The van der Waals surface area contributed by atoms with Gasteiger partial charge in [-0.25, -0.2) is 0 Å². The Morgan fingerprint density at radius 1 is 1.37 bits per heavy atom. The number of nitrogens with two attached hydrogens (primary N) is 1. The zero-order chi connectivity index (χ0) is 13.2. The third-order valence-corrected chi connectivity index (χ3v) is 3.41. The van der Waals surface area contributed by atoms with E-state index in [0.29, 0.717) is 0 Å². The molecule has 0 fully saturated rings. The van der Waals surface area contributed by atoms with E-state index in [4.69, 9.17) is 15.2 Å². The quantitative estimate of drug-likeness (QED) is 0.897. The third kappa shape index (κ3) is 2.27. The molecule has 1 aromatic heterocycles. The normalized spacial score (nSPS) is 21.4. The third-order valence-electron chi connectivity index (χ3n) is 3.41. The molecule has 2 N–H and O–H groups in total. The summed E-state index contributed by atoms with van der Waals surface area (Å²) in [5.74, 6) is 1.63. The van der Waals surface area contributed by atoms with Crippen molar-refractivity contribution in [3.05, 3.63) is 53.9 Å². The monoisotopic (exact) mass is 256 g/mol. The van der Waals surface area contributed by atoms with E-state index >= 15 is 0 Å². The van der Waals surface area contributed by atoms with Crippen LogP contribution in [0, 0.1) is 0 Å². The second kappa shape index (κ2) is 4.90. The fourth-order valence-corrected chi connectivity index (χ4v) is 2.38. The number of hydrogen-bond donors (Lipinski definition) is 1. The fraction of sp³-hybridized carbons (Fsp3) is 0.267. The average molecular weight is 256 g/mol. The van der Waals surface area contributed by atoms with Gasteiger partial charge in [0.25, 0.3) is 0 Å².